The van der Waals surface area contributed by atoms with E-state index < -0.39 is 0 Å². The molecule has 0 saturated heterocycles. The number of aromatic nitrogens is 4. The Kier molecular flexibility index (Phi) is 4.61. The van der Waals surface area contributed by atoms with E-state index in [1.54, 1.807) is 18.2 Å². The summed E-state index contributed by atoms with van der Waals surface area (Å²) in [5, 5.41) is 11.0. The predicted octanol–water partition coefficient (Wildman–Crippen LogP) is 3.68. The summed E-state index contributed by atoms with van der Waals surface area (Å²) in [6, 6.07) is 15.4. The number of benzene rings is 2. The lowest BCUT2D eigenvalue weighted by atomic mass is 10.0. The first-order valence-corrected chi connectivity index (χ1v) is 7.79. The summed E-state index contributed by atoms with van der Waals surface area (Å²) in [7, 11) is 0. The minimum atomic E-state index is -0.0575. The molecule has 1 aromatic heterocycles. The maximum Gasteiger partial charge on any atom is 0.185 e. The van der Waals surface area contributed by atoms with Crippen LogP contribution in [0.15, 0.2) is 60.9 Å². The van der Waals surface area contributed by atoms with E-state index in [0.717, 1.165) is 11.3 Å². The zero-order chi connectivity index (χ0) is 16.9. The number of hydrogen-bond donors (Lipinski definition) is 0. The number of tetrazole rings is 1. The van der Waals surface area contributed by atoms with Crippen LogP contribution in [0.2, 0.25) is 0 Å². The number of hydrogen-bond acceptors (Lipinski definition) is 4. The van der Waals surface area contributed by atoms with Crippen LogP contribution in [0.1, 0.15) is 41.3 Å². The molecule has 0 radical (unpaired) electrons. The highest BCUT2D eigenvalue weighted by molar-refractivity contribution is 6.07. The van der Waals surface area contributed by atoms with E-state index in [0.29, 0.717) is 11.5 Å². The minimum absolute atomic E-state index is 0.0575. The third kappa shape index (κ3) is 3.63. The van der Waals surface area contributed by atoms with Crippen molar-refractivity contribution >= 4 is 11.9 Å². The Morgan fingerprint density at radius 1 is 1.12 bits per heavy atom. The summed E-state index contributed by atoms with van der Waals surface area (Å²) in [5.74, 6) is 0.441. The number of carbonyl (C=O) groups excluding carboxylic acids is 1. The van der Waals surface area contributed by atoms with Gasteiger partial charge in [0.25, 0.3) is 0 Å². The molecular formula is C19H18N4O. The second-order valence-electron chi connectivity index (χ2n) is 5.82. The lowest BCUT2D eigenvalue weighted by Crippen LogP contribution is -1.99. The molecule has 0 unspecified atom stereocenters. The van der Waals surface area contributed by atoms with Crippen LogP contribution in [-0.2, 0) is 0 Å². The molecule has 5 nitrogen and oxygen atoms in total. The molecule has 0 fully saturated rings. The molecule has 0 spiro atoms. The Labute approximate surface area is 140 Å². The van der Waals surface area contributed by atoms with Crippen molar-refractivity contribution in [1.29, 1.82) is 0 Å². The largest absolute Gasteiger partial charge is 0.289 e. The monoisotopic (exact) mass is 318 g/mol. The fourth-order valence-corrected chi connectivity index (χ4v) is 2.34. The van der Waals surface area contributed by atoms with E-state index in [1.807, 2.05) is 30.3 Å². The third-order valence-electron chi connectivity index (χ3n) is 3.77. The normalized spacial score (nSPS) is 11.3. The quantitative estimate of drug-likeness (QED) is 0.532. The van der Waals surface area contributed by atoms with Gasteiger partial charge in [0.15, 0.2) is 5.78 Å². The zero-order valence-electron chi connectivity index (χ0n) is 13.6. The molecule has 0 atom stereocenters. The van der Waals surface area contributed by atoms with Crippen LogP contribution in [0.5, 0.6) is 0 Å². The van der Waals surface area contributed by atoms with Gasteiger partial charge < -0.3 is 0 Å². The van der Waals surface area contributed by atoms with E-state index in [2.05, 4.69) is 41.5 Å². The molecule has 120 valence electrons. The van der Waals surface area contributed by atoms with E-state index in [-0.39, 0.29) is 5.78 Å². The van der Waals surface area contributed by atoms with E-state index >= 15 is 0 Å². The molecule has 0 N–H and O–H groups in total. The van der Waals surface area contributed by atoms with Crippen molar-refractivity contribution < 1.29 is 4.79 Å². The number of allylic oxidation sites excluding steroid dienone is 1. The van der Waals surface area contributed by atoms with Gasteiger partial charge in [0, 0.05) is 5.56 Å². The van der Waals surface area contributed by atoms with Crippen molar-refractivity contribution in [2.24, 2.45) is 0 Å². The third-order valence-corrected chi connectivity index (χ3v) is 3.77. The lowest BCUT2D eigenvalue weighted by Gasteiger charge is -2.04. The van der Waals surface area contributed by atoms with Gasteiger partial charge in [0.05, 0.1) is 5.69 Å². The standard InChI is InChI=1S/C19H18N4O/c1-14(2)16-9-6-15(7-10-16)8-11-19(24)17-4-3-5-18(12-17)23-13-20-21-22-23/h3-14H,1-2H3/b11-8+. The number of carbonyl (C=O) groups is 1. The summed E-state index contributed by atoms with van der Waals surface area (Å²) in [6.45, 7) is 4.32. The summed E-state index contributed by atoms with van der Waals surface area (Å²) < 4.78 is 1.52. The molecule has 1 heterocycles. The van der Waals surface area contributed by atoms with Gasteiger partial charge in [-0.2, -0.15) is 0 Å². The first-order valence-electron chi connectivity index (χ1n) is 7.79. The Balaban J connectivity index is 1.76. The molecule has 2 aromatic carbocycles. The summed E-state index contributed by atoms with van der Waals surface area (Å²) in [4.78, 5) is 12.4. The minimum Gasteiger partial charge on any atom is -0.289 e. The Morgan fingerprint density at radius 2 is 1.92 bits per heavy atom. The maximum absolute atomic E-state index is 12.4. The van der Waals surface area contributed by atoms with Gasteiger partial charge in [-0.05, 0) is 45.7 Å². The van der Waals surface area contributed by atoms with Crippen LogP contribution in [0.3, 0.4) is 0 Å². The number of ketones is 1. The van der Waals surface area contributed by atoms with Gasteiger partial charge in [-0.25, -0.2) is 4.68 Å². The summed E-state index contributed by atoms with van der Waals surface area (Å²) in [5.41, 5.74) is 3.63. The first kappa shape index (κ1) is 15.8. The van der Waals surface area contributed by atoms with Crippen LogP contribution in [0, 0.1) is 0 Å². The fraction of sp³-hybridized carbons (Fsp3) is 0.158. The van der Waals surface area contributed by atoms with Crippen molar-refractivity contribution in [3.8, 4) is 5.69 Å². The first-order chi connectivity index (χ1) is 11.6. The topological polar surface area (TPSA) is 60.7 Å². The van der Waals surface area contributed by atoms with Crippen molar-refractivity contribution in [2.45, 2.75) is 19.8 Å². The molecule has 0 amide bonds. The smallest absolute Gasteiger partial charge is 0.185 e. The van der Waals surface area contributed by atoms with Gasteiger partial charge in [-0.15, -0.1) is 5.10 Å². The number of rotatable bonds is 5. The fourth-order valence-electron chi connectivity index (χ4n) is 2.34. The molecule has 0 aliphatic heterocycles. The maximum atomic E-state index is 12.4. The van der Waals surface area contributed by atoms with E-state index in [4.69, 9.17) is 0 Å². The number of nitrogens with zero attached hydrogens (tertiary/aromatic N) is 4. The lowest BCUT2D eigenvalue weighted by molar-refractivity contribution is 0.104. The average Bonchev–Trinajstić information content (AvgIpc) is 3.15. The molecular weight excluding hydrogens is 300 g/mol. The van der Waals surface area contributed by atoms with Crippen LogP contribution in [0.25, 0.3) is 11.8 Å². The van der Waals surface area contributed by atoms with Crippen LogP contribution >= 0.6 is 0 Å². The van der Waals surface area contributed by atoms with Crippen LogP contribution in [0.4, 0.5) is 0 Å². The highest BCUT2D eigenvalue weighted by Gasteiger charge is 2.05. The van der Waals surface area contributed by atoms with Crippen molar-refractivity contribution in [2.75, 3.05) is 0 Å². The van der Waals surface area contributed by atoms with Crippen molar-refractivity contribution in [3.63, 3.8) is 0 Å². The average molecular weight is 318 g/mol. The summed E-state index contributed by atoms with van der Waals surface area (Å²) in [6.07, 6.45) is 4.91. The second-order valence-corrected chi connectivity index (χ2v) is 5.82. The second kappa shape index (κ2) is 7.00. The van der Waals surface area contributed by atoms with Gasteiger partial charge in [-0.3, -0.25) is 4.79 Å². The van der Waals surface area contributed by atoms with Gasteiger partial charge >= 0.3 is 0 Å². The zero-order valence-corrected chi connectivity index (χ0v) is 13.6. The molecule has 24 heavy (non-hydrogen) atoms. The highest BCUT2D eigenvalue weighted by atomic mass is 16.1. The Morgan fingerprint density at radius 3 is 2.58 bits per heavy atom. The molecule has 0 bridgehead atoms. The Bertz CT molecular complexity index is 849. The highest BCUT2D eigenvalue weighted by Crippen LogP contribution is 2.16. The molecule has 5 heteroatoms. The van der Waals surface area contributed by atoms with Crippen LogP contribution < -0.4 is 0 Å². The van der Waals surface area contributed by atoms with E-state index in [1.165, 1.54) is 16.6 Å². The molecule has 0 aliphatic carbocycles. The van der Waals surface area contributed by atoms with Gasteiger partial charge in [-0.1, -0.05) is 56.3 Å². The van der Waals surface area contributed by atoms with Gasteiger partial charge in [0.2, 0.25) is 0 Å². The van der Waals surface area contributed by atoms with Gasteiger partial charge in [0.1, 0.15) is 6.33 Å². The SMILES string of the molecule is CC(C)c1ccc(/C=C/C(=O)c2cccc(-n3cnnn3)c2)cc1. The molecule has 3 aromatic rings. The van der Waals surface area contributed by atoms with Crippen molar-refractivity contribution in [3.05, 3.63) is 77.6 Å². The molecule has 0 aliphatic rings. The van der Waals surface area contributed by atoms with E-state index in [9.17, 15) is 4.79 Å². The van der Waals surface area contributed by atoms with Crippen molar-refractivity contribution in [1.82, 2.24) is 20.2 Å². The Hall–Kier alpha value is -3.08. The van der Waals surface area contributed by atoms with Crippen LogP contribution in [-0.4, -0.2) is 26.0 Å². The molecule has 3 rings (SSSR count). The summed E-state index contributed by atoms with van der Waals surface area (Å²) >= 11 is 0. The predicted molar refractivity (Wildman–Crippen MR) is 93.0 cm³/mol. The molecule has 0 saturated carbocycles.